The number of rotatable bonds is 6. The summed E-state index contributed by atoms with van der Waals surface area (Å²) in [6, 6.07) is 12.0. The molecule has 0 aliphatic heterocycles. The highest BCUT2D eigenvalue weighted by Gasteiger charge is 2.10. The van der Waals surface area contributed by atoms with Crippen LogP contribution in [-0.4, -0.2) is 17.2 Å². The van der Waals surface area contributed by atoms with Gasteiger partial charge in [-0.05, 0) is 29.0 Å². The minimum atomic E-state index is -0.507. The predicted molar refractivity (Wildman–Crippen MR) is 84.4 cm³/mol. The van der Waals surface area contributed by atoms with Crippen molar-refractivity contribution in [2.75, 3.05) is 7.11 Å². The van der Waals surface area contributed by atoms with Crippen LogP contribution in [0.25, 0.3) is 0 Å². The maximum Gasteiger partial charge on any atom is 0.212 e. The van der Waals surface area contributed by atoms with Gasteiger partial charge >= 0.3 is 0 Å². The van der Waals surface area contributed by atoms with Gasteiger partial charge in [-0.1, -0.05) is 44.2 Å². The first-order valence-corrected chi connectivity index (χ1v) is 7.34. The highest BCUT2D eigenvalue weighted by atomic mass is 16.5. The summed E-state index contributed by atoms with van der Waals surface area (Å²) < 4.78 is 5.04. The van der Waals surface area contributed by atoms with E-state index in [1.54, 1.807) is 13.3 Å². The number of hydrogen-bond donors (Lipinski definition) is 1. The Morgan fingerprint density at radius 1 is 1.10 bits per heavy atom. The van der Waals surface area contributed by atoms with Crippen LogP contribution < -0.4 is 4.74 Å². The summed E-state index contributed by atoms with van der Waals surface area (Å²) in [6.07, 6.45) is 2.83. The van der Waals surface area contributed by atoms with E-state index in [-0.39, 0.29) is 0 Å². The maximum absolute atomic E-state index is 10.4. The van der Waals surface area contributed by atoms with Gasteiger partial charge in [-0.3, -0.25) is 0 Å². The quantitative estimate of drug-likeness (QED) is 0.882. The molecule has 0 aliphatic carbocycles. The zero-order valence-corrected chi connectivity index (χ0v) is 12.9. The molecule has 1 N–H and O–H groups in total. The van der Waals surface area contributed by atoms with Crippen LogP contribution >= 0.6 is 0 Å². The van der Waals surface area contributed by atoms with E-state index in [1.165, 1.54) is 5.56 Å². The molecule has 0 radical (unpaired) electrons. The Morgan fingerprint density at radius 3 is 2.52 bits per heavy atom. The van der Waals surface area contributed by atoms with Gasteiger partial charge in [-0.15, -0.1) is 0 Å². The number of nitrogens with zero attached hydrogens (tertiary/aromatic N) is 1. The summed E-state index contributed by atoms with van der Waals surface area (Å²) in [4.78, 5) is 4.17. The molecule has 1 aromatic carbocycles. The Balaban J connectivity index is 2.06. The first-order valence-electron chi connectivity index (χ1n) is 7.34. The fraction of sp³-hybridized carbons (Fsp3) is 0.389. The molecule has 2 rings (SSSR count). The molecule has 1 aromatic heterocycles. The van der Waals surface area contributed by atoms with Crippen LogP contribution in [0.5, 0.6) is 5.88 Å². The van der Waals surface area contributed by atoms with E-state index in [1.807, 2.05) is 24.3 Å². The van der Waals surface area contributed by atoms with E-state index in [0.29, 0.717) is 18.2 Å². The van der Waals surface area contributed by atoms with Gasteiger partial charge in [0, 0.05) is 18.7 Å². The van der Waals surface area contributed by atoms with Crippen LogP contribution in [0.15, 0.2) is 42.6 Å². The van der Waals surface area contributed by atoms with E-state index < -0.39 is 6.10 Å². The van der Waals surface area contributed by atoms with E-state index >= 15 is 0 Å². The summed E-state index contributed by atoms with van der Waals surface area (Å²) in [6.45, 7) is 4.40. The predicted octanol–water partition coefficient (Wildman–Crippen LogP) is 3.56. The normalized spacial score (nSPS) is 12.4. The fourth-order valence-corrected chi connectivity index (χ4v) is 2.39. The number of hydrogen-bond acceptors (Lipinski definition) is 3. The molecule has 0 aliphatic rings. The summed E-state index contributed by atoms with van der Waals surface area (Å²) in [5.74, 6) is 1.20. The average Bonchev–Trinajstić information content (AvgIpc) is 2.47. The first kappa shape index (κ1) is 15.5. The number of aromatic nitrogens is 1. The topological polar surface area (TPSA) is 42.4 Å². The van der Waals surface area contributed by atoms with Crippen LogP contribution in [0.1, 0.15) is 36.6 Å². The van der Waals surface area contributed by atoms with Gasteiger partial charge < -0.3 is 9.84 Å². The lowest BCUT2D eigenvalue weighted by Gasteiger charge is -2.13. The van der Waals surface area contributed by atoms with E-state index in [4.69, 9.17) is 4.74 Å². The number of benzene rings is 1. The van der Waals surface area contributed by atoms with Crippen molar-refractivity contribution < 1.29 is 9.84 Å². The molecule has 0 saturated carbocycles. The Morgan fingerprint density at radius 2 is 1.90 bits per heavy atom. The summed E-state index contributed by atoms with van der Waals surface area (Å²) in [7, 11) is 1.59. The molecule has 0 amide bonds. The average molecular weight is 285 g/mol. The smallest absolute Gasteiger partial charge is 0.212 e. The third-order valence-corrected chi connectivity index (χ3v) is 3.42. The third-order valence-electron chi connectivity index (χ3n) is 3.42. The van der Waals surface area contributed by atoms with Crippen molar-refractivity contribution in [3.05, 3.63) is 59.3 Å². The van der Waals surface area contributed by atoms with Crippen LogP contribution in [0.4, 0.5) is 0 Å². The molecule has 1 unspecified atom stereocenters. The van der Waals surface area contributed by atoms with Gasteiger partial charge in [0.1, 0.15) is 0 Å². The van der Waals surface area contributed by atoms with E-state index in [9.17, 15) is 5.11 Å². The van der Waals surface area contributed by atoms with Crippen molar-refractivity contribution in [2.24, 2.45) is 5.92 Å². The second-order valence-corrected chi connectivity index (χ2v) is 5.77. The molecule has 0 fully saturated rings. The highest BCUT2D eigenvalue weighted by molar-refractivity contribution is 5.27. The van der Waals surface area contributed by atoms with Crippen LogP contribution in [0.2, 0.25) is 0 Å². The van der Waals surface area contributed by atoms with Gasteiger partial charge in [0.25, 0.3) is 0 Å². The van der Waals surface area contributed by atoms with Gasteiger partial charge in [0.2, 0.25) is 5.88 Å². The Kier molecular flexibility index (Phi) is 5.34. The molecule has 21 heavy (non-hydrogen) atoms. The standard InChI is InChI=1S/C18H23NO2/c1-13(2)9-14-5-4-6-16(10-14)17(20)11-15-7-8-18(21-3)19-12-15/h4-8,10,12-13,17,20H,9,11H2,1-3H3. The molecular formula is C18H23NO2. The zero-order chi connectivity index (χ0) is 15.2. The van der Waals surface area contributed by atoms with Gasteiger partial charge in [0.15, 0.2) is 0 Å². The molecule has 3 heteroatoms. The number of ether oxygens (including phenoxy) is 1. The highest BCUT2D eigenvalue weighted by Crippen LogP contribution is 2.21. The van der Waals surface area contributed by atoms with Gasteiger partial charge in [0.05, 0.1) is 13.2 Å². The van der Waals surface area contributed by atoms with E-state index in [0.717, 1.165) is 17.5 Å². The van der Waals surface area contributed by atoms with Gasteiger partial charge in [-0.2, -0.15) is 0 Å². The SMILES string of the molecule is COc1ccc(CC(O)c2cccc(CC(C)C)c2)cn1. The fourth-order valence-electron chi connectivity index (χ4n) is 2.39. The monoisotopic (exact) mass is 285 g/mol. The van der Waals surface area contributed by atoms with Crippen molar-refractivity contribution in [3.63, 3.8) is 0 Å². The summed E-state index contributed by atoms with van der Waals surface area (Å²) in [5, 5.41) is 10.4. The minimum Gasteiger partial charge on any atom is -0.481 e. The van der Waals surface area contributed by atoms with Crippen LogP contribution in [0, 0.1) is 5.92 Å². The molecule has 0 spiro atoms. The minimum absolute atomic E-state index is 0.507. The maximum atomic E-state index is 10.4. The number of methoxy groups -OCH3 is 1. The zero-order valence-electron chi connectivity index (χ0n) is 12.9. The molecule has 1 atom stereocenters. The largest absolute Gasteiger partial charge is 0.481 e. The Labute approximate surface area is 126 Å². The number of pyridine rings is 1. The van der Waals surface area contributed by atoms with Crippen LogP contribution in [-0.2, 0) is 12.8 Å². The molecular weight excluding hydrogens is 262 g/mol. The second-order valence-electron chi connectivity index (χ2n) is 5.77. The lowest BCUT2D eigenvalue weighted by molar-refractivity contribution is 0.178. The van der Waals surface area contributed by atoms with Crippen molar-refractivity contribution >= 4 is 0 Å². The molecule has 3 nitrogen and oxygen atoms in total. The molecule has 0 saturated heterocycles. The van der Waals surface area contributed by atoms with Crippen molar-refractivity contribution in [3.8, 4) is 5.88 Å². The van der Waals surface area contributed by atoms with Gasteiger partial charge in [-0.25, -0.2) is 4.98 Å². The Bertz CT molecular complexity index is 564. The molecule has 112 valence electrons. The molecule has 0 bridgehead atoms. The van der Waals surface area contributed by atoms with Crippen molar-refractivity contribution in [1.29, 1.82) is 0 Å². The lowest BCUT2D eigenvalue weighted by atomic mass is 9.97. The lowest BCUT2D eigenvalue weighted by Crippen LogP contribution is -2.04. The summed E-state index contributed by atoms with van der Waals surface area (Å²) in [5.41, 5.74) is 3.23. The summed E-state index contributed by atoms with van der Waals surface area (Å²) >= 11 is 0. The Hall–Kier alpha value is -1.87. The van der Waals surface area contributed by atoms with Crippen molar-refractivity contribution in [1.82, 2.24) is 4.98 Å². The number of aliphatic hydroxyl groups excluding tert-OH is 1. The third kappa shape index (κ3) is 4.57. The first-order chi connectivity index (χ1) is 10.1. The molecule has 2 aromatic rings. The van der Waals surface area contributed by atoms with Crippen molar-refractivity contribution in [2.45, 2.75) is 32.8 Å². The van der Waals surface area contributed by atoms with E-state index in [2.05, 4.69) is 31.0 Å². The number of aliphatic hydroxyl groups is 1. The van der Waals surface area contributed by atoms with Crippen LogP contribution in [0.3, 0.4) is 0 Å². The molecule has 1 heterocycles. The second kappa shape index (κ2) is 7.23.